The van der Waals surface area contributed by atoms with Gasteiger partial charge in [-0.2, -0.15) is 0 Å². The molecule has 0 heterocycles. The van der Waals surface area contributed by atoms with Gasteiger partial charge in [-0.05, 0) is 46.1 Å². The first kappa shape index (κ1) is 15.0. The van der Waals surface area contributed by atoms with Crippen molar-refractivity contribution in [2.45, 2.75) is 71.4 Å². The van der Waals surface area contributed by atoms with Crippen molar-refractivity contribution >= 4 is 0 Å². The van der Waals surface area contributed by atoms with Gasteiger partial charge in [0.15, 0.2) is 0 Å². The van der Waals surface area contributed by atoms with E-state index in [4.69, 9.17) is 0 Å². The van der Waals surface area contributed by atoms with E-state index in [1.54, 1.807) is 0 Å². The number of nitrogens with one attached hydrogen (secondary N) is 1. The van der Waals surface area contributed by atoms with Gasteiger partial charge in [0.05, 0.1) is 0 Å². The molecule has 2 unspecified atom stereocenters. The highest BCUT2D eigenvalue weighted by Gasteiger charge is 2.19. The van der Waals surface area contributed by atoms with Crippen LogP contribution in [-0.2, 0) is 0 Å². The summed E-state index contributed by atoms with van der Waals surface area (Å²) in [6, 6.07) is 1.33. The van der Waals surface area contributed by atoms with Crippen LogP contribution in [0.2, 0.25) is 0 Å². The number of likely N-dealkylation sites (N-methyl/N-ethyl adjacent to an activating group) is 1. The lowest BCUT2D eigenvalue weighted by Crippen LogP contribution is -2.42. The molecule has 17 heavy (non-hydrogen) atoms. The fraction of sp³-hybridized carbons (Fsp3) is 1.00. The average Bonchev–Trinajstić information content (AvgIpc) is 2.79. The Morgan fingerprint density at radius 3 is 2.47 bits per heavy atom. The van der Waals surface area contributed by atoms with Gasteiger partial charge in [0.25, 0.3) is 0 Å². The molecule has 0 aromatic carbocycles. The molecule has 2 atom stereocenters. The van der Waals surface area contributed by atoms with Crippen LogP contribution in [-0.4, -0.2) is 37.1 Å². The molecule has 0 spiro atoms. The van der Waals surface area contributed by atoms with E-state index in [9.17, 15) is 0 Å². The predicted molar refractivity (Wildman–Crippen MR) is 76.4 cm³/mol. The Balaban J connectivity index is 2.14. The van der Waals surface area contributed by atoms with Crippen molar-refractivity contribution in [3.8, 4) is 0 Å². The van der Waals surface area contributed by atoms with Crippen LogP contribution in [0.1, 0.15) is 59.3 Å². The first-order chi connectivity index (χ1) is 8.13. The molecule has 0 aromatic rings. The van der Waals surface area contributed by atoms with E-state index in [1.165, 1.54) is 45.1 Å². The standard InChI is InChI=1S/C15H32N2/c1-5-8-13(2)16-11-14(3)17(4)12-15-9-6-7-10-15/h13-16H,5-12H2,1-4H3. The lowest BCUT2D eigenvalue weighted by atomic mass is 10.1. The Bertz CT molecular complexity index is 187. The third-order valence-corrected chi connectivity index (χ3v) is 4.26. The van der Waals surface area contributed by atoms with Crippen LogP contribution in [0.4, 0.5) is 0 Å². The lowest BCUT2D eigenvalue weighted by Gasteiger charge is -2.28. The largest absolute Gasteiger partial charge is 0.313 e. The Morgan fingerprint density at radius 2 is 1.88 bits per heavy atom. The second-order valence-corrected chi connectivity index (χ2v) is 6.04. The summed E-state index contributed by atoms with van der Waals surface area (Å²) in [4.78, 5) is 2.54. The van der Waals surface area contributed by atoms with Crippen LogP contribution in [0.5, 0.6) is 0 Å². The molecule has 1 aliphatic carbocycles. The van der Waals surface area contributed by atoms with Gasteiger partial charge < -0.3 is 10.2 Å². The van der Waals surface area contributed by atoms with Crippen molar-refractivity contribution in [2.75, 3.05) is 20.1 Å². The van der Waals surface area contributed by atoms with Crippen molar-refractivity contribution < 1.29 is 0 Å². The Labute approximate surface area is 108 Å². The second-order valence-electron chi connectivity index (χ2n) is 6.04. The smallest absolute Gasteiger partial charge is 0.0189 e. The number of hydrogen-bond donors (Lipinski definition) is 1. The summed E-state index contributed by atoms with van der Waals surface area (Å²) < 4.78 is 0. The molecule has 0 radical (unpaired) electrons. The summed E-state index contributed by atoms with van der Waals surface area (Å²) in [5.41, 5.74) is 0. The van der Waals surface area contributed by atoms with E-state index < -0.39 is 0 Å². The maximum absolute atomic E-state index is 3.65. The maximum Gasteiger partial charge on any atom is 0.0189 e. The van der Waals surface area contributed by atoms with Crippen molar-refractivity contribution in [1.29, 1.82) is 0 Å². The molecule has 0 aliphatic heterocycles. The minimum Gasteiger partial charge on any atom is -0.313 e. The summed E-state index contributed by atoms with van der Waals surface area (Å²) in [6.07, 6.45) is 8.39. The topological polar surface area (TPSA) is 15.3 Å². The van der Waals surface area contributed by atoms with E-state index >= 15 is 0 Å². The van der Waals surface area contributed by atoms with Gasteiger partial charge in [0.1, 0.15) is 0 Å². The number of rotatable bonds is 8. The molecule has 0 saturated heterocycles. The fourth-order valence-corrected chi connectivity index (χ4v) is 2.84. The zero-order valence-electron chi connectivity index (χ0n) is 12.3. The fourth-order valence-electron chi connectivity index (χ4n) is 2.84. The van der Waals surface area contributed by atoms with Crippen LogP contribution >= 0.6 is 0 Å². The third kappa shape index (κ3) is 5.87. The molecule has 1 N–H and O–H groups in total. The van der Waals surface area contributed by atoms with Crippen molar-refractivity contribution in [3.05, 3.63) is 0 Å². The minimum atomic E-state index is 0.662. The van der Waals surface area contributed by atoms with E-state index in [1.807, 2.05) is 0 Å². The van der Waals surface area contributed by atoms with E-state index in [-0.39, 0.29) is 0 Å². The molecule has 0 bridgehead atoms. The molecular formula is C15H32N2. The zero-order valence-corrected chi connectivity index (χ0v) is 12.3. The quantitative estimate of drug-likeness (QED) is 0.700. The molecular weight excluding hydrogens is 208 g/mol. The number of hydrogen-bond acceptors (Lipinski definition) is 2. The Morgan fingerprint density at radius 1 is 1.24 bits per heavy atom. The highest BCUT2D eigenvalue weighted by atomic mass is 15.1. The number of nitrogens with zero attached hydrogens (tertiary/aromatic N) is 1. The van der Waals surface area contributed by atoms with Gasteiger partial charge >= 0.3 is 0 Å². The minimum absolute atomic E-state index is 0.662. The van der Waals surface area contributed by atoms with Crippen molar-refractivity contribution in [3.63, 3.8) is 0 Å². The summed E-state index contributed by atoms with van der Waals surface area (Å²) >= 11 is 0. The highest BCUT2D eigenvalue weighted by Crippen LogP contribution is 2.25. The molecule has 1 aliphatic rings. The normalized spacial score (nSPS) is 21.0. The van der Waals surface area contributed by atoms with E-state index in [0.29, 0.717) is 12.1 Å². The monoisotopic (exact) mass is 240 g/mol. The van der Waals surface area contributed by atoms with Gasteiger partial charge in [0, 0.05) is 25.2 Å². The Kier molecular flexibility index (Phi) is 7.14. The second kappa shape index (κ2) is 8.10. The summed E-state index contributed by atoms with van der Waals surface area (Å²) in [5.74, 6) is 0.968. The molecule has 102 valence electrons. The van der Waals surface area contributed by atoms with Crippen LogP contribution in [0.15, 0.2) is 0 Å². The Hall–Kier alpha value is -0.0800. The average molecular weight is 240 g/mol. The van der Waals surface area contributed by atoms with Crippen LogP contribution in [0, 0.1) is 5.92 Å². The first-order valence-corrected chi connectivity index (χ1v) is 7.57. The first-order valence-electron chi connectivity index (χ1n) is 7.57. The molecule has 2 heteroatoms. The molecule has 1 rings (SSSR count). The third-order valence-electron chi connectivity index (χ3n) is 4.26. The summed E-state index contributed by atoms with van der Waals surface area (Å²) in [6.45, 7) is 9.33. The predicted octanol–water partition coefficient (Wildman–Crippen LogP) is 3.28. The molecule has 2 nitrogen and oxygen atoms in total. The zero-order chi connectivity index (χ0) is 12.7. The van der Waals surface area contributed by atoms with Crippen LogP contribution in [0.3, 0.4) is 0 Å². The molecule has 0 amide bonds. The van der Waals surface area contributed by atoms with Gasteiger partial charge in [-0.3, -0.25) is 0 Å². The lowest BCUT2D eigenvalue weighted by molar-refractivity contribution is 0.210. The van der Waals surface area contributed by atoms with E-state index in [0.717, 1.165) is 12.5 Å². The molecule has 0 aromatic heterocycles. The SMILES string of the molecule is CCCC(C)NCC(C)N(C)CC1CCCC1. The van der Waals surface area contributed by atoms with Gasteiger partial charge in [0.2, 0.25) is 0 Å². The van der Waals surface area contributed by atoms with Crippen LogP contribution < -0.4 is 5.32 Å². The van der Waals surface area contributed by atoms with Crippen molar-refractivity contribution in [2.24, 2.45) is 5.92 Å². The van der Waals surface area contributed by atoms with Gasteiger partial charge in [-0.1, -0.05) is 26.2 Å². The molecule has 1 saturated carbocycles. The van der Waals surface area contributed by atoms with Crippen molar-refractivity contribution in [1.82, 2.24) is 10.2 Å². The summed E-state index contributed by atoms with van der Waals surface area (Å²) in [7, 11) is 2.29. The van der Waals surface area contributed by atoms with Crippen LogP contribution in [0.25, 0.3) is 0 Å². The maximum atomic E-state index is 3.65. The van der Waals surface area contributed by atoms with Gasteiger partial charge in [-0.25, -0.2) is 0 Å². The van der Waals surface area contributed by atoms with E-state index in [2.05, 4.69) is 38.0 Å². The highest BCUT2D eigenvalue weighted by molar-refractivity contribution is 4.75. The van der Waals surface area contributed by atoms with Gasteiger partial charge in [-0.15, -0.1) is 0 Å². The molecule has 1 fully saturated rings. The summed E-state index contributed by atoms with van der Waals surface area (Å²) in [5, 5.41) is 3.65.